The molecular weight excluding hydrogens is 322 g/mol. The first-order chi connectivity index (χ1) is 9.47. The summed E-state index contributed by atoms with van der Waals surface area (Å²) in [7, 11) is 1.90. The Hall–Kier alpha value is -1.66. The summed E-state index contributed by atoms with van der Waals surface area (Å²) in [5, 5.41) is 16.5. The van der Waals surface area contributed by atoms with Crippen molar-refractivity contribution in [1.29, 1.82) is 0 Å². The first-order valence-corrected chi connectivity index (χ1v) is 6.98. The number of carboxylic acids is 1. The van der Waals surface area contributed by atoms with E-state index in [-0.39, 0.29) is 5.56 Å². The fourth-order valence-corrected chi connectivity index (χ4v) is 2.50. The molecule has 1 aromatic carbocycles. The minimum Gasteiger partial charge on any atom is -0.478 e. The summed E-state index contributed by atoms with van der Waals surface area (Å²) < 4.78 is 2.59. The van der Waals surface area contributed by atoms with Crippen molar-refractivity contribution in [1.82, 2.24) is 15.1 Å². The lowest BCUT2D eigenvalue weighted by Crippen LogP contribution is -2.13. The number of nitrogens with one attached hydrogen (secondary N) is 1. The molecule has 2 N–H and O–H groups in total. The Kier molecular flexibility index (Phi) is 4.57. The van der Waals surface area contributed by atoms with Crippen molar-refractivity contribution in [3.8, 4) is 0 Å². The van der Waals surface area contributed by atoms with Gasteiger partial charge in [0.2, 0.25) is 0 Å². The maximum atomic E-state index is 10.9. The Balaban J connectivity index is 1.97. The second-order valence-electron chi connectivity index (χ2n) is 4.63. The van der Waals surface area contributed by atoms with E-state index in [1.807, 2.05) is 26.2 Å². The van der Waals surface area contributed by atoms with Crippen molar-refractivity contribution < 1.29 is 9.90 Å². The highest BCUT2D eigenvalue weighted by atomic mass is 79.9. The largest absolute Gasteiger partial charge is 0.478 e. The molecule has 0 aliphatic rings. The molecular formula is C14H16BrN3O2. The van der Waals surface area contributed by atoms with E-state index >= 15 is 0 Å². The molecule has 0 bridgehead atoms. The number of aryl methyl sites for hydroxylation is 2. The number of halogens is 1. The molecule has 0 unspecified atom stereocenters. The molecule has 6 heteroatoms. The lowest BCUT2D eigenvalue weighted by atomic mass is 10.1. The van der Waals surface area contributed by atoms with Crippen LogP contribution in [-0.2, 0) is 20.1 Å². The Morgan fingerprint density at radius 1 is 1.40 bits per heavy atom. The van der Waals surface area contributed by atoms with Crippen LogP contribution in [0.5, 0.6) is 0 Å². The topological polar surface area (TPSA) is 67.2 Å². The third-order valence-electron chi connectivity index (χ3n) is 3.05. The van der Waals surface area contributed by atoms with Gasteiger partial charge in [-0.1, -0.05) is 22.0 Å². The molecule has 0 aliphatic heterocycles. The SMILES string of the molecule is Cc1nn(C)cc1CNCc1ccc(C(=O)O)cc1Br. The minimum atomic E-state index is -0.920. The van der Waals surface area contributed by atoms with E-state index in [4.69, 9.17) is 5.11 Å². The van der Waals surface area contributed by atoms with Gasteiger partial charge in [-0.25, -0.2) is 4.79 Å². The fourth-order valence-electron chi connectivity index (χ4n) is 1.98. The van der Waals surface area contributed by atoms with E-state index < -0.39 is 5.97 Å². The molecule has 0 atom stereocenters. The molecule has 0 fully saturated rings. The van der Waals surface area contributed by atoms with Gasteiger partial charge in [0.1, 0.15) is 0 Å². The van der Waals surface area contributed by atoms with Crippen LogP contribution in [0.15, 0.2) is 28.9 Å². The van der Waals surface area contributed by atoms with Crippen LogP contribution >= 0.6 is 15.9 Å². The molecule has 0 saturated carbocycles. The third kappa shape index (κ3) is 3.46. The second kappa shape index (κ2) is 6.19. The predicted octanol–water partition coefficient (Wildman–Crippen LogP) is 2.48. The highest BCUT2D eigenvalue weighted by Gasteiger charge is 2.07. The van der Waals surface area contributed by atoms with Gasteiger partial charge in [0.25, 0.3) is 0 Å². The lowest BCUT2D eigenvalue weighted by Gasteiger charge is -2.07. The number of rotatable bonds is 5. The van der Waals surface area contributed by atoms with Gasteiger partial charge in [0, 0.05) is 36.4 Å². The van der Waals surface area contributed by atoms with E-state index in [1.54, 1.807) is 16.8 Å². The summed E-state index contributed by atoms with van der Waals surface area (Å²) in [5.74, 6) is -0.920. The molecule has 0 amide bonds. The van der Waals surface area contributed by atoms with Gasteiger partial charge in [-0.05, 0) is 24.6 Å². The Bertz CT molecular complexity index is 637. The number of aromatic nitrogens is 2. The summed E-state index contributed by atoms with van der Waals surface area (Å²) in [4.78, 5) is 10.9. The van der Waals surface area contributed by atoms with Crippen molar-refractivity contribution in [3.63, 3.8) is 0 Å². The Morgan fingerprint density at radius 2 is 2.10 bits per heavy atom. The summed E-state index contributed by atoms with van der Waals surface area (Å²) in [6.45, 7) is 3.37. The molecule has 5 nitrogen and oxygen atoms in total. The zero-order valence-corrected chi connectivity index (χ0v) is 12.9. The second-order valence-corrected chi connectivity index (χ2v) is 5.48. The van der Waals surface area contributed by atoms with E-state index in [0.717, 1.165) is 27.8 Å². The van der Waals surface area contributed by atoms with Crippen LogP contribution in [0.2, 0.25) is 0 Å². The number of nitrogens with zero attached hydrogens (tertiary/aromatic N) is 2. The maximum Gasteiger partial charge on any atom is 0.335 e. The standard InChI is InChI=1S/C14H16BrN3O2/c1-9-12(8-18(2)17-9)7-16-6-11-4-3-10(14(19)20)5-13(11)15/h3-5,8,16H,6-7H2,1-2H3,(H,19,20). The molecule has 2 rings (SSSR count). The summed E-state index contributed by atoms with van der Waals surface area (Å²) in [5.41, 5.74) is 3.48. The van der Waals surface area contributed by atoms with Gasteiger partial charge in [0.15, 0.2) is 0 Å². The fraction of sp³-hybridized carbons (Fsp3) is 0.286. The van der Waals surface area contributed by atoms with Crippen LogP contribution in [0.4, 0.5) is 0 Å². The summed E-state index contributed by atoms with van der Waals surface area (Å²) >= 11 is 3.40. The molecule has 1 heterocycles. The quantitative estimate of drug-likeness (QED) is 0.879. The van der Waals surface area contributed by atoms with Crippen molar-refractivity contribution in [3.05, 3.63) is 51.3 Å². The van der Waals surface area contributed by atoms with Gasteiger partial charge >= 0.3 is 5.97 Å². The van der Waals surface area contributed by atoms with E-state index in [0.29, 0.717) is 6.54 Å². The zero-order chi connectivity index (χ0) is 14.7. The Labute approximate surface area is 125 Å². The molecule has 1 aromatic heterocycles. The van der Waals surface area contributed by atoms with Crippen molar-refractivity contribution in [2.75, 3.05) is 0 Å². The number of hydrogen-bond acceptors (Lipinski definition) is 3. The smallest absolute Gasteiger partial charge is 0.335 e. The van der Waals surface area contributed by atoms with Crippen LogP contribution in [0.25, 0.3) is 0 Å². The number of carbonyl (C=O) groups is 1. The molecule has 20 heavy (non-hydrogen) atoms. The molecule has 2 aromatic rings. The monoisotopic (exact) mass is 337 g/mol. The van der Waals surface area contributed by atoms with Gasteiger partial charge in [-0.15, -0.1) is 0 Å². The Morgan fingerprint density at radius 3 is 2.65 bits per heavy atom. The molecule has 0 radical (unpaired) electrons. The van der Waals surface area contributed by atoms with E-state index in [9.17, 15) is 4.79 Å². The summed E-state index contributed by atoms with van der Waals surface area (Å²) in [6.07, 6.45) is 1.99. The minimum absolute atomic E-state index is 0.281. The van der Waals surface area contributed by atoms with Crippen molar-refractivity contribution in [2.45, 2.75) is 20.0 Å². The number of benzene rings is 1. The molecule has 106 valence electrons. The zero-order valence-electron chi connectivity index (χ0n) is 11.4. The van der Waals surface area contributed by atoms with Crippen LogP contribution in [0, 0.1) is 6.92 Å². The first kappa shape index (κ1) is 14.7. The van der Waals surface area contributed by atoms with Crippen molar-refractivity contribution >= 4 is 21.9 Å². The maximum absolute atomic E-state index is 10.9. The highest BCUT2D eigenvalue weighted by Crippen LogP contribution is 2.19. The molecule has 0 spiro atoms. The van der Waals surface area contributed by atoms with Crippen LogP contribution in [-0.4, -0.2) is 20.9 Å². The molecule has 0 aliphatic carbocycles. The lowest BCUT2D eigenvalue weighted by molar-refractivity contribution is 0.0697. The van der Waals surface area contributed by atoms with Crippen molar-refractivity contribution in [2.24, 2.45) is 7.05 Å². The van der Waals surface area contributed by atoms with E-state index in [2.05, 4.69) is 26.3 Å². The average Bonchev–Trinajstić information content (AvgIpc) is 2.69. The number of carboxylic acid groups (broad SMARTS) is 1. The van der Waals surface area contributed by atoms with Crippen LogP contribution in [0.3, 0.4) is 0 Å². The predicted molar refractivity (Wildman–Crippen MR) is 79.6 cm³/mol. The number of hydrogen-bond donors (Lipinski definition) is 2. The first-order valence-electron chi connectivity index (χ1n) is 6.19. The van der Waals surface area contributed by atoms with Crippen LogP contribution < -0.4 is 5.32 Å². The highest BCUT2D eigenvalue weighted by molar-refractivity contribution is 9.10. The third-order valence-corrected chi connectivity index (χ3v) is 3.78. The van der Waals surface area contributed by atoms with Gasteiger partial charge in [0.05, 0.1) is 11.3 Å². The normalized spacial score (nSPS) is 10.8. The van der Waals surface area contributed by atoms with E-state index in [1.165, 1.54) is 0 Å². The summed E-state index contributed by atoms with van der Waals surface area (Å²) in [6, 6.07) is 5.05. The number of aromatic carboxylic acids is 1. The van der Waals surface area contributed by atoms with Gasteiger partial charge < -0.3 is 10.4 Å². The van der Waals surface area contributed by atoms with Crippen LogP contribution in [0.1, 0.15) is 27.2 Å². The van der Waals surface area contributed by atoms with Gasteiger partial charge in [-0.3, -0.25) is 4.68 Å². The molecule has 0 saturated heterocycles. The van der Waals surface area contributed by atoms with Gasteiger partial charge in [-0.2, -0.15) is 5.10 Å². The average molecular weight is 338 g/mol.